The lowest BCUT2D eigenvalue weighted by atomic mass is 10.8. The molecule has 0 heterocycles. The monoisotopic (exact) mass is 202 g/mol. The van der Waals surface area contributed by atoms with Crippen molar-refractivity contribution in [2.75, 3.05) is 0 Å². The number of nitrogens with two attached hydrogens (primary N) is 1. The van der Waals surface area contributed by atoms with Crippen molar-refractivity contribution in [3.05, 3.63) is 0 Å². The summed E-state index contributed by atoms with van der Waals surface area (Å²) >= 11 is 0. The number of rotatable bonds is 0. The zero-order valence-corrected chi connectivity index (χ0v) is 7.48. The highest BCUT2D eigenvalue weighted by atomic mass is 35.5. The Morgan fingerprint density at radius 3 is 1.12 bits per heavy atom. The minimum atomic E-state index is 0. The Morgan fingerprint density at radius 1 is 1.12 bits per heavy atom. The average molecular weight is 204 g/mol. The van der Waals surface area contributed by atoms with E-state index in [4.69, 9.17) is 11.1 Å². The van der Waals surface area contributed by atoms with Gasteiger partial charge in [-0.1, -0.05) is 0 Å². The lowest BCUT2D eigenvalue weighted by Gasteiger charge is -1.66. The molecule has 0 aromatic rings. The summed E-state index contributed by atoms with van der Waals surface area (Å²) in [5, 5.41) is 6.28. The van der Waals surface area contributed by atoms with Gasteiger partial charge in [0.15, 0.2) is 0 Å². The predicted octanol–water partition coefficient (Wildman–Crippen LogP) is 1.63. The standard InChI is InChI=1S/C2H6N2.4ClH/c1-2(3)4;;;;/h1H3,(H3,3,4);4*1H. The van der Waals surface area contributed by atoms with Crippen LogP contribution in [0.4, 0.5) is 0 Å². The van der Waals surface area contributed by atoms with Gasteiger partial charge in [0.1, 0.15) is 0 Å². The molecule has 0 aliphatic heterocycles. The topological polar surface area (TPSA) is 49.9 Å². The third-order valence-corrected chi connectivity index (χ3v) is 0. The molecule has 0 aliphatic carbocycles. The quantitative estimate of drug-likeness (QED) is 0.457. The molecule has 0 bridgehead atoms. The number of hydrogen-bond donors (Lipinski definition) is 2. The molecule has 0 aromatic heterocycles. The summed E-state index contributed by atoms with van der Waals surface area (Å²) in [6.07, 6.45) is 0. The fraction of sp³-hybridized carbons (Fsp3) is 0.500. The molecule has 0 radical (unpaired) electrons. The van der Waals surface area contributed by atoms with Crippen LogP contribution >= 0.6 is 49.6 Å². The van der Waals surface area contributed by atoms with Gasteiger partial charge in [-0.25, -0.2) is 0 Å². The molecule has 8 heavy (non-hydrogen) atoms. The first-order valence-corrected chi connectivity index (χ1v) is 1.04. The second-order valence-corrected chi connectivity index (χ2v) is 0.683. The summed E-state index contributed by atoms with van der Waals surface area (Å²) < 4.78 is 0. The van der Waals surface area contributed by atoms with Crippen LogP contribution in [0, 0.1) is 5.41 Å². The molecule has 0 aromatic carbocycles. The summed E-state index contributed by atoms with van der Waals surface area (Å²) in [5.74, 6) is 0.167. The highest BCUT2D eigenvalue weighted by molar-refractivity contribution is 5.86. The Labute approximate surface area is 73.7 Å². The summed E-state index contributed by atoms with van der Waals surface area (Å²) in [5.41, 5.74) is 4.69. The molecule has 0 unspecified atom stereocenters. The molecule has 56 valence electrons. The van der Waals surface area contributed by atoms with Crippen LogP contribution in [-0.4, -0.2) is 5.84 Å². The van der Waals surface area contributed by atoms with Crippen LogP contribution in [0.3, 0.4) is 0 Å². The molecular formula is C2H10Cl4N2. The maximum Gasteiger partial charge on any atom is 0.0873 e. The molecule has 0 atom stereocenters. The van der Waals surface area contributed by atoms with Crippen molar-refractivity contribution in [3.8, 4) is 0 Å². The van der Waals surface area contributed by atoms with Crippen molar-refractivity contribution in [1.29, 1.82) is 5.41 Å². The highest BCUT2D eigenvalue weighted by Crippen LogP contribution is 1.36. The SMILES string of the molecule is CC(=N)N.Cl.Cl.Cl.Cl. The molecule has 0 spiro atoms. The minimum absolute atomic E-state index is 0. The number of amidine groups is 1. The van der Waals surface area contributed by atoms with Crippen molar-refractivity contribution >= 4 is 55.5 Å². The van der Waals surface area contributed by atoms with E-state index in [0.717, 1.165) is 0 Å². The smallest absolute Gasteiger partial charge is 0.0873 e. The Morgan fingerprint density at radius 2 is 1.12 bits per heavy atom. The zero-order chi connectivity index (χ0) is 3.58. The van der Waals surface area contributed by atoms with Gasteiger partial charge in [0.05, 0.1) is 5.84 Å². The van der Waals surface area contributed by atoms with E-state index in [-0.39, 0.29) is 55.5 Å². The molecule has 0 rings (SSSR count). The van der Waals surface area contributed by atoms with Crippen molar-refractivity contribution < 1.29 is 0 Å². The highest BCUT2D eigenvalue weighted by Gasteiger charge is 1.53. The first-order valence-electron chi connectivity index (χ1n) is 1.04. The molecule has 0 saturated carbocycles. The number of nitrogens with one attached hydrogen (secondary N) is 1. The molecule has 6 heteroatoms. The van der Waals surface area contributed by atoms with Crippen LogP contribution in [0.2, 0.25) is 0 Å². The molecular weight excluding hydrogens is 194 g/mol. The summed E-state index contributed by atoms with van der Waals surface area (Å²) in [6.45, 7) is 1.53. The van der Waals surface area contributed by atoms with Crippen molar-refractivity contribution in [1.82, 2.24) is 0 Å². The van der Waals surface area contributed by atoms with Crippen molar-refractivity contribution in [2.24, 2.45) is 5.73 Å². The maximum atomic E-state index is 6.28. The first-order chi connectivity index (χ1) is 1.73. The Bertz CT molecular complexity index is 35.0. The molecule has 0 amide bonds. The van der Waals surface area contributed by atoms with Gasteiger partial charge >= 0.3 is 0 Å². The summed E-state index contributed by atoms with van der Waals surface area (Å²) in [6, 6.07) is 0. The fourth-order valence-electron chi connectivity index (χ4n) is 0. The van der Waals surface area contributed by atoms with E-state index in [0.29, 0.717) is 0 Å². The fourth-order valence-corrected chi connectivity index (χ4v) is 0. The van der Waals surface area contributed by atoms with Crippen molar-refractivity contribution in [2.45, 2.75) is 6.92 Å². The second kappa shape index (κ2) is 25.5. The summed E-state index contributed by atoms with van der Waals surface area (Å²) in [4.78, 5) is 0. The zero-order valence-electron chi connectivity index (χ0n) is 4.21. The summed E-state index contributed by atoms with van der Waals surface area (Å²) in [7, 11) is 0. The second-order valence-electron chi connectivity index (χ2n) is 0.683. The van der Waals surface area contributed by atoms with Crippen LogP contribution in [0.1, 0.15) is 6.92 Å². The number of hydrogen-bond acceptors (Lipinski definition) is 1. The van der Waals surface area contributed by atoms with Gasteiger partial charge in [-0.3, -0.25) is 5.41 Å². The molecule has 0 aliphatic rings. The number of halogens is 4. The van der Waals surface area contributed by atoms with Gasteiger partial charge < -0.3 is 5.73 Å². The van der Waals surface area contributed by atoms with E-state index in [9.17, 15) is 0 Å². The minimum Gasteiger partial charge on any atom is -0.388 e. The molecule has 0 saturated heterocycles. The van der Waals surface area contributed by atoms with Gasteiger partial charge in [-0.2, -0.15) is 0 Å². The first kappa shape index (κ1) is 38.1. The van der Waals surface area contributed by atoms with Crippen LogP contribution in [0.5, 0.6) is 0 Å². The maximum absolute atomic E-state index is 6.28. The van der Waals surface area contributed by atoms with Gasteiger partial charge in [-0.05, 0) is 6.92 Å². The molecule has 2 nitrogen and oxygen atoms in total. The van der Waals surface area contributed by atoms with Gasteiger partial charge in [0.2, 0.25) is 0 Å². The largest absolute Gasteiger partial charge is 0.388 e. The van der Waals surface area contributed by atoms with Crippen LogP contribution < -0.4 is 5.73 Å². The van der Waals surface area contributed by atoms with Crippen LogP contribution in [0.25, 0.3) is 0 Å². The average Bonchev–Trinajstić information content (AvgIpc) is 0.811. The van der Waals surface area contributed by atoms with E-state index in [1.807, 2.05) is 0 Å². The lowest BCUT2D eigenvalue weighted by Crippen LogP contribution is -2.00. The van der Waals surface area contributed by atoms with Crippen molar-refractivity contribution in [3.63, 3.8) is 0 Å². The Kier molecular flexibility index (Phi) is 121. The Hall–Kier alpha value is 0.630. The third kappa shape index (κ3) is 529. The van der Waals surface area contributed by atoms with E-state index in [1.54, 1.807) is 0 Å². The van der Waals surface area contributed by atoms with E-state index in [2.05, 4.69) is 0 Å². The van der Waals surface area contributed by atoms with E-state index in [1.165, 1.54) is 6.92 Å². The van der Waals surface area contributed by atoms with E-state index < -0.39 is 0 Å². The molecule has 3 N–H and O–H groups in total. The van der Waals surface area contributed by atoms with Gasteiger partial charge in [0, 0.05) is 0 Å². The van der Waals surface area contributed by atoms with Crippen LogP contribution in [0.15, 0.2) is 0 Å². The van der Waals surface area contributed by atoms with Gasteiger partial charge in [0.25, 0.3) is 0 Å². The van der Waals surface area contributed by atoms with Crippen LogP contribution in [-0.2, 0) is 0 Å². The van der Waals surface area contributed by atoms with Gasteiger partial charge in [-0.15, -0.1) is 49.6 Å². The third-order valence-electron chi connectivity index (χ3n) is 0. The molecule has 0 fully saturated rings. The predicted molar refractivity (Wildman–Crippen MR) is 46.6 cm³/mol. The lowest BCUT2D eigenvalue weighted by molar-refractivity contribution is 1.42. The Balaban J connectivity index is -0.00000000750. The van der Waals surface area contributed by atoms with E-state index >= 15 is 0 Å². The normalized spacial score (nSPS) is 3.12.